The molecule has 0 aliphatic carbocycles. The number of ether oxygens (including phenoxy) is 1. The molecule has 1 aromatic carbocycles. The summed E-state index contributed by atoms with van der Waals surface area (Å²) in [5.74, 6) is 0.858. The van der Waals surface area contributed by atoms with Crippen LogP contribution in [0.2, 0.25) is 0 Å². The topological polar surface area (TPSA) is 59.4 Å². The summed E-state index contributed by atoms with van der Waals surface area (Å²) in [6.07, 6.45) is 5.52. The predicted molar refractivity (Wildman–Crippen MR) is 87.4 cm³/mol. The van der Waals surface area contributed by atoms with E-state index < -0.39 is 0 Å². The van der Waals surface area contributed by atoms with Crippen molar-refractivity contribution in [3.05, 3.63) is 48.3 Å². The monoisotopic (exact) mass is 314 g/mol. The number of likely N-dealkylation sites (tertiary alicyclic amines) is 1. The number of nitrogens with one attached hydrogen (secondary N) is 1. The zero-order chi connectivity index (χ0) is 16.1. The van der Waals surface area contributed by atoms with Gasteiger partial charge in [0.15, 0.2) is 0 Å². The van der Waals surface area contributed by atoms with Crippen molar-refractivity contribution < 1.29 is 9.53 Å². The molecule has 1 fully saturated rings. The Morgan fingerprint density at radius 1 is 1.39 bits per heavy atom. The Hall–Kier alpha value is -2.50. The number of aromatic nitrogens is 2. The minimum absolute atomic E-state index is 0.0203. The fraction of sp³-hybridized carbons (Fsp3) is 0.412. The number of aryl methyl sites for hydroxylation is 1. The van der Waals surface area contributed by atoms with Crippen LogP contribution in [0.15, 0.2) is 42.7 Å². The van der Waals surface area contributed by atoms with Gasteiger partial charge in [-0.1, -0.05) is 18.2 Å². The van der Waals surface area contributed by atoms with Crippen molar-refractivity contribution in [3.63, 3.8) is 0 Å². The molecule has 1 atom stereocenters. The highest BCUT2D eigenvalue weighted by Gasteiger charge is 2.27. The van der Waals surface area contributed by atoms with E-state index in [1.165, 1.54) is 0 Å². The highest BCUT2D eigenvalue weighted by molar-refractivity contribution is 5.74. The Morgan fingerprint density at radius 3 is 2.96 bits per heavy atom. The summed E-state index contributed by atoms with van der Waals surface area (Å²) in [5, 5.41) is 7.08. The van der Waals surface area contributed by atoms with Gasteiger partial charge in [0.2, 0.25) is 0 Å². The number of nitrogens with zero attached hydrogens (tertiary/aromatic N) is 3. The molecular weight excluding hydrogens is 292 g/mol. The van der Waals surface area contributed by atoms with Crippen LogP contribution in [0.3, 0.4) is 0 Å². The molecule has 0 spiro atoms. The van der Waals surface area contributed by atoms with Gasteiger partial charge in [0, 0.05) is 32.8 Å². The lowest BCUT2D eigenvalue weighted by Gasteiger charge is -2.18. The number of carbonyl (C=O) groups excluding carboxylic acids is 1. The van der Waals surface area contributed by atoms with Crippen LogP contribution in [0.5, 0.6) is 5.75 Å². The van der Waals surface area contributed by atoms with E-state index in [0.717, 1.165) is 30.7 Å². The number of amides is 2. The molecule has 0 radical (unpaired) electrons. The molecule has 122 valence electrons. The third kappa shape index (κ3) is 4.25. The lowest BCUT2D eigenvalue weighted by Crippen LogP contribution is -2.40. The van der Waals surface area contributed by atoms with Crippen LogP contribution in [0.4, 0.5) is 4.79 Å². The maximum Gasteiger partial charge on any atom is 0.317 e. The zero-order valence-electron chi connectivity index (χ0n) is 13.3. The third-order valence-corrected chi connectivity index (χ3v) is 3.93. The number of para-hydroxylation sites is 1. The first kappa shape index (κ1) is 15.4. The quantitative estimate of drug-likeness (QED) is 0.916. The van der Waals surface area contributed by atoms with E-state index in [-0.39, 0.29) is 12.1 Å². The Morgan fingerprint density at radius 2 is 2.22 bits per heavy atom. The second-order valence-corrected chi connectivity index (χ2v) is 5.79. The summed E-state index contributed by atoms with van der Waals surface area (Å²) in [7, 11) is 1.89. The highest BCUT2D eigenvalue weighted by Crippen LogP contribution is 2.17. The first-order chi connectivity index (χ1) is 11.2. The van der Waals surface area contributed by atoms with Gasteiger partial charge in [-0.3, -0.25) is 4.68 Å². The molecule has 23 heavy (non-hydrogen) atoms. The molecule has 2 amide bonds. The molecule has 6 heteroatoms. The maximum absolute atomic E-state index is 12.2. The summed E-state index contributed by atoms with van der Waals surface area (Å²) < 4.78 is 7.67. The van der Waals surface area contributed by atoms with Gasteiger partial charge in [0.05, 0.1) is 12.7 Å². The number of benzene rings is 1. The highest BCUT2D eigenvalue weighted by atomic mass is 16.5. The number of urea groups is 1. The molecular formula is C17H22N4O2. The molecule has 2 aromatic rings. The van der Waals surface area contributed by atoms with Crippen molar-refractivity contribution in [2.75, 3.05) is 19.6 Å². The normalized spacial score (nSPS) is 17.3. The van der Waals surface area contributed by atoms with E-state index in [9.17, 15) is 4.79 Å². The van der Waals surface area contributed by atoms with Crippen LogP contribution in [0, 0.1) is 0 Å². The predicted octanol–water partition coefficient (Wildman–Crippen LogP) is 1.83. The van der Waals surface area contributed by atoms with Crippen molar-refractivity contribution >= 4 is 6.03 Å². The summed E-state index contributed by atoms with van der Waals surface area (Å²) in [6.45, 7) is 1.98. The maximum atomic E-state index is 12.2. The second kappa shape index (κ2) is 7.17. The average Bonchev–Trinajstić information content (AvgIpc) is 3.18. The minimum atomic E-state index is -0.0203. The molecule has 3 rings (SSSR count). The van der Waals surface area contributed by atoms with Crippen molar-refractivity contribution in [2.24, 2.45) is 7.05 Å². The van der Waals surface area contributed by atoms with Crippen molar-refractivity contribution in [2.45, 2.75) is 18.9 Å². The smallest absolute Gasteiger partial charge is 0.317 e. The molecule has 6 nitrogen and oxygen atoms in total. The van der Waals surface area contributed by atoms with Crippen LogP contribution in [-0.4, -0.2) is 46.4 Å². The van der Waals surface area contributed by atoms with E-state index in [4.69, 9.17) is 4.74 Å². The van der Waals surface area contributed by atoms with Gasteiger partial charge >= 0.3 is 6.03 Å². The van der Waals surface area contributed by atoms with Crippen LogP contribution < -0.4 is 10.1 Å². The Balaban J connectivity index is 1.40. The summed E-state index contributed by atoms with van der Waals surface area (Å²) in [4.78, 5) is 14.0. The molecule has 2 heterocycles. The van der Waals surface area contributed by atoms with E-state index in [2.05, 4.69) is 10.4 Å². The minimum Gasteiger partial charge on any atom is -0.489 e. The SMILES string of the molecule is Cn1cc(CCNC(=O)N2CC[C@@H](Oc3ccccc3)C2)cn1. The van der Waals surface area contributed by atoms with Crippen LogP contribution in [0.25, 0.3) is 0 Å². The summed E-state index contributed by atoms with van der Waals surface area (Å²) >= 11 is 0. The lowest BCUT2D eigenvalue weighted by molar-refractivity contribution is 0.187. The standard InChI is InChI=1S/C17H22N4O2/c1-20-12-14(11-19-20)7-9-18-17(22)21-10-8-16(13-21)23-15-5-3-2-4-6-15/h2-6,11-12,16H,7-10,13H2,1H3,(H,18,22)/t16-/m1/s1. The van der Waals surface area contributed by atoms with Crippen molar-refractivity contribution in [1.82, 2.24) is 20.0 Å². The largest absolute Gasteiger partial charge is 0.489 e. The number of hydrogen-bond donors (Lipinski definition) is 1. The van der Waals surface area contributed by atoms with Gasteiger partial charge in [-0.2, -0.15) is 5.10 Å². The Bertz CT molecular complexity index is 641. The average molecular weight is 314 g/mol. The van der Waals surface area contributed by atoms with E-state index in [1.807, 2.05) is 54.7 Å². The van der Waals surface area contributed by atoms with Crippen LogP contribution in [0.1, 0.15) is 12.0 Å². The molecule has 1 N–H and O–H groups in total. The molecule has 1 aliphatic rings. The lowest BCUT2D eigenvalue weighted by atomic mass is 10.2. The number of carbonyl (C=O) groups is 1. The molecule has 0 bridgehead atoms. The summed E-state index contributed by atoms with van der Waals surface area (Å²) in [6, 6.07) is 9.73. The van der Waals surface area contributed by atoms with Gasteiger partial charge < -0.3 is 15.0 Å². The van der Waals surface area contributed by atoms with Gasteiger partial charge in [0.1, 0.15) is 11.9 Å². The van der Waals surface area contributed by atoms with Crippen LogP contribution in [-0.2, 0) is 13.5 Å². The van der Waals surface area contributed by atoms with Gasteiger partial charge in [-0.25, -0.2) is 4.79 Å². The van der Waals surface area contributed by atoms with Gasteiger partial charge in [0.25, 0.3) is 0 Å². The number of rotatable bonds is 5. The first-order valence-corrected chi connectivity index (χ1v) is 7.93. The molecule has 0 unspecified atom stereocenters. The molecule has 1 aliphatic heterocycles. The summed E-state index contributed by atoms with van der Waals surface area (Å²) in [5.41, 5.74) is 1.12. The van der Waals surface area contributed by atoms with Crippen molar-refractivity contribution in [3.8, 4) is 5.75 Å². The second-order valence-electron chi connectivity index (χ2n) is 5.79. The van der Waals surface area contributed by atoms with Crippen molar-refractivity contribution in [1.29, 1.82) is 0 Å². The fourth-order valence-electron chi connectivity index (χ4n) is 2.73. The Labute approximate surface area is 136 Å². The van der Waals surface area contributed by atoms with Gasteiger partial charge in [-0.05, 0) is 24.1 Å². The first-order valence-electron chi connectivity index (χ1n) is 7.93. The fourth-order valence-corrected chi connectivity index (χ4v) is 2.73. The molecule has 0 saturated carbocycles. The third-order valence-electron chi connectivity index (χ3n) is 3.93. The number of hydrogen-bond acceptors (Lipinski definition) is 3. The van der Waals surface area contributed by atoms with E-state index in [1.54, 1.807) is 4.68 Å². The molecule has 1 saturated heterocycles. The van der Waals surface area contributed by atoms with E-state index >= 15 is 0 Å². The van der Waals surface area contributed by atoms with Gasteiger partial charge in [-0.15, -0.1) is 0 Å². The van der Waals surface area contributed by atoms with E-state index in [0.29, 0.717) is 13.1 Å². The Kier molecular flexibility index (Phi) is 4.80. The van der Waals surface area contributed by atoms with Crippen LogP contribution >= 0.6 is 0 Å². The molecule has 1 aromatic heterocycles. The zero-order valence-corrected chi connectivity index (χ0v) is 13.3.